The third-order valence-electron chi connectivity index (χ3n) is 1.55. The highest BCUT2D eigenvalue weighted by Gasteiger charge is 2.20. The van der Waals surface area contributed by atoms with Crippen LogP contribution in [0.1, 0.15) is 10.4 Å². The maximum atomic E-state index is 13.1. The fourth-order valence-electron chi connectivity index (χ4n) is 0.870. The predicted molar refractivity (Wildman–Crippen MR) is 46.6 cm³/mol. The van der Waals surface area contributed by atoms with E-state index in [-0.39, 0.29) is 11.0 Å². The Kier molecular flexibility index (Phi) is 3.03. The zero-order chi connectivity index (χ0) is 10.0. The summed E-state index contributed by atoms with van der Waals surface area (Å²) in [6.45, 7) is 0. The first-order valence-corrected chi connectivity index (χ1v) is 3.75. The Bertz CT molecular complexity index is 343. The monoisotopic (exact) mass is 202 g/mol. The highest BCUT2D eigenvalue weighted by molar-refractivity contribution is 6.59. The van der Waals surface area contributed by atoms with E-state index in [1.54, 1.807) is 0 Å². The van der Waals surface area contributed by atoms with Gasteiger partial charge >= 0.3 is 7.12 Å². The Morgan fingerprint density at radius 2 is 2.08 bits per heavy atom. The van der Waals surface area contributed by atoms with E-state index in [2.05, 4.69) is 0 Å². The first-order chi connectivity index (χ1) is 6.07. The molecule has 0 spiro atoms. The van der Waals surface area contributed by atoms with Crippen molar-refractivity contribution < 1.29 is 19.2 Å². The summed E-state index contributed by atoms with van der Waals surface area (Å²) in [5.74, 6) is -0.985. The van der Waals surface area contributed by atoms with Gasteiger partial charge in [0.05, 0.1) is 5.02 Å². The standard InChI is InChI=1S/C7H5BClFO3/c9-6-4(3-11)1-2-5(7(6)10)8(12)13/h1-3,12-13H. The fraction of sp³-hybridized carbons (Fsp3) is 0. The van der Waals surface area contributed by atoms with Crippen LogP contribution in [-0.4, -0.2) is 23.5 Å². The van der Waals surface area contributed by atoms with Crippen molar-refractivity contribution in [2.75, 3.05) is 0 Å². The molecule has 2 N–H and O–H groups in total. The lowest BCUT2D eigenvalue weighted by Gasteiger charge is -2.04. The van der Waals surface area contributed by atoms with Crippen LogP contribution in [0.4, 0.5) is 4.39 Å². The summed E-state index contributed by atoms with van der Waals surface area (Å²) in [6, 6.07) is 2.31. The van der Waals surface area contributed by atoms with Crippen LogP contribution in [0.2, 0.25) is 5.02 Å². The molecule has 3 nitrogen and oxygen atoms in total. The maximum Gasteiger partial charge on any atom is 0.491 e. The molecular weight excluding hydrogens is 197 g/mol. The second-order valence-corrected chi connectivity index (χ2v) is 2.74. The molecule has 0 saturated carbocycles. The molecule has 6 heteroatoms. The van der Waals surface area contributed by atoms with Gasteiger partial charge in [0.25, 0.3) is 0 Å². The Hall–Kier alpha value is -0.905. The lowest BCUT2D eigenvalue weighted by Crippen LogP contribution is -2.33. The van der Waals surface area contributed by atoms with Gasteiger partial charge in [-0.1, -0.05) is 23.7 Å². The van der Waals surface area contributed by atoms with E-state index in [9.17, 15) is 9.18 Å². The van der Waals surface area contributed by atoms with E-state index >= 15 is 0 Å². The molecule has 0 heterocycles. The third-order valence-corrected chi connectivity index (χ3v) is 1.93. The van der Waals surface area contributed by atoms with Crippen LogP contribution in [0.15, 0.2) is 12.1 Å². The molecular formula is C7H5BClFO3. The summed E-state index contributed by atoms with van der Waals surface area (Å²) in [5.41, 5.74) is -0.376. The van der Waals surface area contributed by atoms with E-state index in [1.165, 1.54) is 6.07 Å². The average Bonchev–Trinajstić information content (AvgIpc) is 2.09. The highest BCUT2D eigenvalue weighted by atomic mass is 35.5. The minimum Gasteiger partial charge on any atom is -0.423 e. The fourth-order valence-corrected chi connectivity index (χ4v) is 1.09. The van der Waals surface area contributed by atoms with Crippen molar-refractivity contribution in [3.05, 3.63) is 28.5 Å². The minimum atomic E-state index is -1.93. The van der Waals surface area contributed by atoms with Crippen molar-refractivity contribution in [1.29, 1.82) is 0 Å². The van der Waals surface area contributed by atoms with Crippen molar-refractivity contribution >= 4 is 30.5 Å². The summed E-state index contributed by atoms with van der Waals surface area (Å²) in [4.78, 5) is 10.3. The molecule has 0 aliphatic carbocycles. The van der Waals surface area contributed by atoms with Crippen molar-refractivity contribution in [3.63, 3.8) is 0 Å². The molecule has 0 unspecified atom stereocenters. The molecule has 1 aromatic carbocycles. The van der Waals surface area contributed by atoms with Crippen molar-refractivity contribution in [2.45, 2.75) is 0 Å². The van der Waals surface area contributed by atoms with Gasteiger partial charge in [0.2, 0.25) is 0 Å². The van der Waals surface area contributed by atoms with Gasteiger partial charge in [0.15, 0.2) is 6.29 Å². The number of hydrogen-bond acceptors (Lipinski definition) is 3. The molecule has 0 aliphatic rings. The van der Waals surface area contributed by atoms with Gasteiger partial charge in [-0.15, -0.1) is 0 Å². The molecule has 68 valence electrons. The Labute approximate surface area is 78.9 Å². The Balaban J connectivity index is 3.31. The summed E-state index contributed by atoms with van der Waals surface area (Å²) >= 11 is 5.41. The van der Waals surface area contributed by atoms with E-state index in [1.807, 2.05) is 0 Å². The summed E-state index contributed by atoms with van der Waals surface area (Å²) in [7, 11) is -1.93. The molecule has 0 aromatic heterocycles. The van der Waals surface area contributed by atoms with Crippen LogP contribution < -0.4 is 5.46 Å². The van der Waals surface area contributed by atoms with Crippen LogP contribution >= 0.6 is 11.6 Å². The van der Waals surface area contributed by atoms with E-state index in [0.29, 0.717) is 6.29 Å². The number of halogens is 2. The number of benzene rings is 1. The third kappa shape index (κ3) is 1.88. The van der Waals surface area contributed by atoms with Gasteiger partial charge in [-0.2, -0.15) is 0 Å². The van der Waals surface area contributed by atoms with E-state index < -0.39 is 18.0 Å². The van der Waals surface area contributed by atoms with Crippen molar-refractivity contribution in [1.82, 2.24) is 0 Å². The number of carbonyl (C=O) groups is 1. The van der Waals surface area contributed by atoms with Crippen LogP contribution in [-0.2, 0) is 0 Å². The largest absolute Gasteiger partial charge is 0.491 e. The molecule has 0 atom stereocenters. The summed E-state index contributed by atoms with van der Waals surface area (Å²) < 4.78 is 13.1. The molecule has 13 heavy (non-hydrogen) atoms. The number of hydrogen-bond donors (Lipinski definition) is 2. The molecule has 0 saturated heterocycles. The van der Waals surface area contributed by atoms with Gasteiger partial charge in [-0.25, -0.2) is 4.39 Å². The second-order valence-electron chi connectivity index (χ2n) is 2.36. The van der Waals surface area contributed by atoms with E-state index in [4.69, 9.17) is 21.6 Å². The maximum absolute atomic E-state index is 13.1. The Morgan fingerprint density at radius 1 is 1.46 bits per heavy atom. The zero-order valence-electron chi connectivity index (χ0n) is 6.37. The quantitative estimate of drug-likeness (QED) is 0.523. The molecule has 1 rings (SSSR count). The number of aldehydes is 1. The van der Waals surface area contributed by atoms with Gasteiger partial charge in [0, 0.05) is 11.0 Å². The smallest absolute Gasteiger partial charge is 0.423 e. The minimum absolute atomic E-state index is 0.0245. The Morgan fingerprint density at radius 3 is 2.54 bits per heavy atom. The number of rotatable bonds is 2. The SMILES string of the molecule is O=Cc1ccc(B(O)O)c(F)c1Cl. The van der Waals surface area contributed by atoms with Crippen LogP contribution in [0, 0.1) is 5.82 Å². The summed E-state index contributed by atoms with van der Waals surface area (Å²) in [6.07, 6.45) is 0.388. The van der Waals surface area contributed by atoms with Gasteiger partial charge in [-0.3, -0.25) is 4.79 Å². The van der Waals surface area contributed by atoms with Crippen molar-refractivity contribution in [3.8, 4) is 0 Å². The normalized spacial score (nSPS) is 9.85. The average molecular weight is 202 g/mol. The van der Waals surface area contributed by atoms with Crippen LogP contribution in [0.25, 0.3) is 0 Å². The molecule has 0 bridgehead atoms. The lowest BCUT2D eigenvalue weighted by molar-refractivity contribution is 0.112. The van der Waals surface area contributed by atoms with Gasteiger partial charge < -0.3 is 10.0 Å². The molecule has 0 amide bonds. The highest BCUT2D eigenvalue weighted by Crippen LogP contribution is 2.16. The summed E-state index contributed by atoms with van der Waals surface area (Å²) in [5, 5.41) is 16.9. The number of carbonyl (C=O) groups excluding carboxylic acids is 1. The first kappa shape index (κ1) is 10.2. The molecule has 0 fully saturated rings. The van der Waals surface area contributed by atoms with Gasteiger partial charge in [-0.05, 0) is 0 Å². The lowest BCUT2D eigenvalue weighted by atomic mass is 9.79. The van der Waals surface area contributed by atoms with Crippen LogP contribution in [0.5, 0.6) is 0 Å². The molecule has 0 aliphatic heterocycles. The van der Waals surface area contributed by atoms with Crippen molar-refractivity contribution in [2.24, 2.45) is 0 Å². The predicted octanol–water partition coefficient (Wildman–Crippen LogP) is -0.0286. The first-order valence-electron chi connectivity index (χ1n) is 3.37. The molecule has 0 radical (unpaired) electrons. The molecule has 1 aromatic rings. The zero-order valence-corrected chi connectivity index (χ0v) is 7.12. The van der Waals surface area contributed by atoms with E-state index in [0.717, 1.165) is 6.07 Å². The van der Waals surface area contributed by atoms with Crippen LogP contribution in [0.3, 0.4) is 0 Å². The second kappa shape index (κ2) is 3.87. The van der Waals surface area contributed by atoms with Gasteiger partial charge in [0.1, 0.15) is 5.82 Å². The topological polar surface area (TPSA) is 57.5 Å².